The first-order valence-electron chi connectivity index (χ1n) is 8.22. The highest BCUT2D eigenvalue weighted by Crippen LogP contribution is 2.40. The van der Waals surface area contributed by atoms with Gasteiger partial charge in [-0.05, 0) is 75.0 Å². The Hall–Kier alpha value is -0.390. The zero-order valence-electron chi connectivity index (χ0n) is 13.5. The molecule has 1 aromatic rings. The summed E-state index contributed by atoms with van der Waals surface area (Å²) in [5.74, 6) is 0.874. The average molecular weight is 355 g/mol. The highest BCUT2D eigenvalue weighted by Gasteiger charge is 2.43. The summed E-state index contributed by atoms with van der Waals surface area (Å²) in [4.78, 5) is 2.62. The van der Waals surface area contributed by atoms with Gasteiger partial charge in [0.05, 0.1) is 15.9 Å². The second-order valence-corrected chi connectivity index (χ2v) is 7.64. The molecule has 2 heterocycles. The number of nitrogens with zero attached hydrogens (tertiary/aromatic N) is 3. The molecule has 1 unspecified atom stereocenters. The zero-order valence-corrected chi connectivity index (χ0v) is 15.0. The Bertz CT molecular complexity index is 509. The molecule has 2 aliphatic rings. The first-order chi connectivity index (χ1) is 10.0. The van der Waals surface area contributed by atoms with Crippen molar-refractivity contribution in [2.24, 2.45) is 5.92 Å². The summed E-state index contributed by atoms with van der Waals surface area (Å²) in [6, 6.07) is 0. The Kier molecular flexibility index (Phi) is 4.44. The summed E-state index contributed by atoms with van der Waals surface area (Å²) in [5.41, 5.74) is 2.73. The molecule has 0 bridgehead atoms. The van der Waals surface area contributed by atoms with E-state index in [9.17, 15) is 0 Å². The van der Waals surface area contributed by atoms with Crippen molar-refractivity contribution in [1.82, 2.24) is 20.0 Å². The van der Waals surface area contributed by atoms with Gasteiger partial charge in [-0.15, -0.1) is 0 Å². The first-order valence-corrected chi connectivity index (χ1v) is 9.02. The average Bonchev–Trinajstić information content (AvgIpc) is 3.27. The largest absolute Gasteiger partial charge is 0.310 e. The Morgan fingerprint density at radius 3 is 2.86 bits per heavy atom. The van der Waals surface area contributed by atoms with Crippen LogP contribution in [0.25, 0.3) is 0 Å². The quantitative estimate of drug-likeness (QED) is 0.902. The van der Waals surface area contributed by atoms with Crippen LogP contribution >= 0.6 is 15.9 Å². The summed E-state index contributed by atoms with van der Waals surface area (Å²) in [5, 5.41) is 8.44. The molecule has 0 spiro atoms. The van der Waals surface area contributed by atoms with Gasteiger partial charge in [-0.25, -0.2) is 0 Å². The molecule has 21 heavy (non-hydrogen) atoms. The third kappa shape index (κ3) is 3.20. The van der Waals surface area contributed by atoms with Crippen molar-refractivity contribution in [3.05, 3.63) is 15.9 Å². The van der Waals surface area contributed by atoms with Crippen LogP contribution < -0.4 is 5.32 Å². The van der Waals surface area contributed by atoms with Crippen LogP contribution in [0.15, 0.2) is 4.47 Å². The van der Waals surface area contributed by atoms with E-state index in [1.54, 1.807) is 0 Å². The van der Waals surface area contributed by atoms with Gasteiger partial charge in [0.1, 0.15) is 0 Å². The van der Waals surface area contributed by atoms with Crippen molar-refractivity contribution in [2.75, 3.05) is 19.6 Å². The number of hydrogen-bond donors (Lipinski definition) is 1. The topological polar surface area (TPSA) is 33.1 Å². The van der Waals surface area contributed by atoms with Crippen molar-refractivity contribution >= 4 is 15.9 Å². The molecule has 1 aromatic heterocycles. The molecule has 1 aliphatic carbocycles. The molecule has 0 radical (unpaired) electrons. The number of rotatable bonds is 4. The van der Waals surface area contributed by atoms with Gasteiger partial charge in [0.25, 0.3) is 0 Å². The number of aromatic nitrogens is 2. The molecule has 1 N–H and O–H groups in total. The molecule has 4 nitrogen and oxygen atoms in total. The predicted octanol–water partition coefficient (Wildman–Crippen LogP) is 2.94. The number of hydrogen-bond acceptors (Lipinski definition) is 3. The standard InChI is InChI=1S/C16H27BrN4/c1-4-21-14(15(17)12(2)19-21)10-20-9-5-8-18-16(3,11-20)13-6-7-13/h13,18H,4-11H2,1-3H3. The van der Waals surface area contributed by atoms with Crippen LogP contribution in [0.4, 0.5) is 0 Å². The molecule has 1 saturated heterocycles. The van der Waals surface area contributed by atoms with Crippen LogP contribution in [0.1, 0.15) is 44.5 Å². The first kappa shape index (κ1) is 15.5. The van der Waals surface area contributed by atoms with Crippen LogP contribution in [-0.4, -0.2) is 39.9 Å². The minimum Gasteiger partial charge on any atom is -0.310 e. The van der Waals surface area contributed by atoms with Crippen molar-refractivity contribution < 1.29 is 0 Å². The minimum absolute atomic E-state index is 0.301. The highest BCUT2D eigenvalue weighted by molar-refractivity contribution is 9.10. The molecule has 0 amide bonds. The molecular weight excluding hydrogens is 328 g/mol. The molecule has 1 aliphatic heterocycles. The van der Waals surface area contributed by atoms with Gasteiger partial charge in [0, 0.05) is 25.2 Å². The Balaban J connectivity index is 1.77. The van der Waals surface area contributed by atoms with Crippen molar-refractivity contribution in [1.29, 1.82) is 0 Å². The van der Waals surface area contributed by atoms with Gasteiger partial charge in [-0.2, -0.15) is 5.10 Å². The lowest BCUT2D eigenvalue weighted by molar-refractivity contribution is 0.190. The number of aryl methyl sites for hydroxylation is 2. The summed E-state index contributed by atoms with van der Waals surface area (Å²) in [7, 11) is 0. The summed E-state index contributed by atoms with van der Waals surface area (Å²) >= 11 is 3.73. The fraction of sp³-hybridized carbons (Fsp3) is 0.812. The fourth-order valence-corrected chi connectivity index (χ4v) is 4.05. The fourth-order valence-electron chi connectivity index (χ4n) is 3.64. The lowest BCUT2D eigenvalue weighted by atomic mass is 9.95. The van der Waals surface area contributed by atoms with E-state index in [1.807, 2.05) is 0 Å². The van der Waals surface area contributed by atoms with Crippen molar-refractivity contribution in [3.8, 4) is 0 Å². The third-order valence-corrected chi connectivity index (χ3v) is 6.07. The van der Waals surface area contributed by atoms with E-state index in [0.29, 0.717) is 5.54 Å². The summed E-state index contributed by atoms with van der Waals surface area (Å²) < 4.78 is 3.33. The van der Waals surface area contributed by atoms with Crippen LogP contribution in [0.5, 0.6) is 0 Å². The molecular formula is C16H27BrN4. The zero-order chi connectivity index (χ0) is 15.0. The van der Waals surface area contributed by atoms with Gasteiger partial charge < -0.3 is 5.32 Å². The molecule has 0 aromatic carbocycles. The highest BCUT2D eigenvalue weighted by atomic mass is 79.9. The van der Waals surface area contributed by atoms with E-state index in [0.717, 1.165) is 37.8 Å². The maximum atomic E-state index is 4.63. The van der Waals surface area contributed by atoms with E-state index in [4.69, 9.17) is 0 Å². The van der Waals surface area contributed by atoms with Gasteiger partial charge in [-0.3, -0.25) is 9.58 Å². The van der Waals surface area contributed by atoms with Gasteiger partial charge >= 0.3 is 0 Å². The van der Waals surface area contributed by atoms with Gasteiger partial charge in [0.15, 0.2) is 0 Å². The minimum atomic E-state index is 0.301. The van der Waals surface area contributed by atoms with E-state index in [-0.39, 0.29) is 0 Å². The van der Waals surface area contributed by atoms with E-state index >= 15 is 0 Å². The maximum absolute atomic E-state index is 4.63. The van der Waals surface area contributed by atoms with Crippen molar-refractivity contribution in [2.45, 2.75) is 58.7 Å². The summed E-state index contributed by atoms with van der Waals surface area (Å²) in [6.07, 6.45) is 4.03. The van der Waals surface area contributed by atoms with Crippen LogP contribution in [0, 0.1) is 12.8 Å². The van der Waals surface area contributed by atoms with E-state index < -0.39 is 0 Å². The predicted molar refractivity (Wildman–Crippen MR) is 89.4 cm³/mol. The number of halogens is 1. The lowest BCUT2D eigenvalue weighted by Crippen LogP contribution is -2.50. The van der Waals surface area contributed by atoms with Crippen LogP contribution in [0.3, 0.4) is 0 Å². The molecule has 2 fully saturated rings. The van der Waals surface area contributed by atoms with Crippen molar-refractivity contribution in [3.63, 3.8) is 0 Å². The molecule has 118 valence electrons. The third-order valence-electron chi connectivity index (χ3n) is 5.04. The van der Waals surface area contributed by atoms with Gasteiger partial charge in [-0.1, -0.05) is 0 Å². The number of nitrogens with one attached hydrogen (secondary N) is 1. The molecule has 1 saturated carbocycles. The van der Waals surface area contributed by atoms with E-state index in [2.05, 4.69) is 56.7 Å². The Morgan fingerprint density at radius 2 is 2.19 bits per heavy atom. The second-order valence-electron chi connectivity index (χ2n) is 6.84. The van der Waals surface area contributed by atoms with Crippen LogP contribution in [-0.2, 0) is 13.1 Å². The molecule has 1 atom stereocenters. The monoisotopic (exact) mass is 354 g/mol. The lowest BCUT2D eigenvalue weighted by Gasteiger charge is -2.34. The molecule has 3 rings (SSSR count). The SMILES string of the molecule is CCn1nc(C)c(Br)c1CN1CCCNC(C)(C2CC2)C1. The Morgan fingerprint density at radius 1 is 1.43 bits per heavy atom. The van der Waals surface area contributed by atoms with E-state index in [1.165, 1.54) is 36.0 Å². The maximum Gasteiger partial charge on any atom is 0.0739 e. The van der Waals surface area contributed by atoms with Crippen LogP contribution in [0.2, 0.25) is 0 Å². The normalized spacial score (nSPS) is 27.8. The second kappa shape index (κ2) is 6.01. The smallest absolute Gasteiger partial charge is 0.0739 e. The molecule has 5 heteroatoms. The Labute approximate surface area is 136 Å². The summed E-state index contributed by atoms with van der Waals surface area (Å²) in [6.45, 7) is 12.1. The van der Waals surface area contributed by atoms with Gasteiger partial charge in [0.2, 0.25) is 0 Å².